The molecule has 1 aliphatic heterocycles. The van der Waals surface area contributed by atoms with Crippen LogP contribution >= 0.6 is 11.3 Å². The predicted molar refractivity (Wildman–Crippen MR) is 72.4 cm³/mol. The smallest absolute Gasteiger partial charge is 0.185 e. The largest absolute Gasteiger partial charge is 0.345 e. The van der Waals surface area contributed by atoms with Crippen LogP contribution in [0.2, 0.25) is 0 Å². The third-order valence-electron chi connectivity index (χ3n) is 4.20. The van der Waals surface area contributed by atoms with Crippen LogP contribution in [0.15, 0.2) is 6.20 Å². The number of thiazole rings is 1. The topological polar surface area (TPSA) is 42.1 Å². The van der Waals surface area contributed by atoms with Gasteiger partial charge in [0.1, 0.15) is 0 Å². The van der Waals surface area contributed by atoms with Crippen LogP contribution < -0.4 is 10.6 Å². The zero-order valence-electron chi connectivity index (χ0n) is 10.4. The summed E-state index contributed by atoms with van der Waals surface area (Å²) in [6.07, 6.45) is 8.89. The van der Waals surface area contributed by atoms with Crippen molar-refractivity contribution in [3.05, 3.63) is 11.1 Å². The van der Waals surface area contributed by atoms with Crippen molar-refractivity contribution in [2.24, 2.45) is 11.7 Å². The maximum atomic E-state index is 5.92. The van der Waals surface area contributed by atoms with Crippen molar-refractivity contribution in [1.82, 2.24) is 4.98 Å². The van der Waals surface area contributed by atoms with E-state index in [0.29, 0.717) is 0 Å². The summed E-state index contributed by atoms with van der Waals surface area (Å²) in [5, 5.41) is 1.20. The molecular weight excluding hydrogens is 230 g/mol. The molecular formula is C13H21N3S. The monoisotopic (exact) mass is 251 g/mol. The van der Waals surface area contributed by atoms with Crippen molar-refractivity contribution < 1.29 is 0 Å². The number of aromatic nitrogens is 1. The Bertz CT molecular complexity index is 388. The first kappa shape index (κ1) is 11.5. The molecule has 0 aromatic carbocycles. The standard InChI is InChI=1S/C13H21N3S/c1-9(14)12-8-15-13(17-12)16-7-3-5-10-4-2-6-11(10)16/h8-11H,2-7,14H2,1H3. The zero-order chi connectivity index (χ0) is 11.8. The maximum absolute atomic E-state index is 5.92. The lowest BCUT2D eigenvalue weighted by Crippen LogP contribution is -2.42. The van der Waals surface area contributed by atoms with Crippen molar-refractivity contribution in [2.45, 2.75) is 51.1 Å². The highest BCUT2D eigenvalue weighted by atomic mass is 32.1. The Morgan fingerprint density at radius 3 is 3.00 bits per heavy atom. The molecule has 17 heavy (non-hydrogen) atoms. The molecule has 3 nitrogen and oxygen atoms in total. The first-order valence-corrected chi connectivity index (χ1v) is 7.55. The summed E-state index contributed by atoms with van der Waals surface area (Å²) in [4.78, 5) is 8.35. The maximum Gasteiger partial charge on any atom is 0.185 e. The second kappa shape index (κ2) is 4.58. The molecule has 0 bridgehead atoms. The summed E-state index contributed by atoms with van der Waals surface area (Å²) in [5.74, 6) is 0.923. The quantitative estimate of drug-likeness (QED) is 0.878. The van der Waals surface area contributed by atoms with Crippen LogP contribution in [-0.4, -0.2) is 17.6 Å². The summed E-state index contributed by atoms with van der Waals surface area (Å²) in [5.41, 5.74) is 5.92. The predicted octanol–water partition coefficient (Wildman–Crippen LogP) is 2.93. The van der Waals surface area contributed by atoms with Crippen molar-refractivity contribution in [3.8, 4) is 0 Å². The van der Waals surface area contributed by atoms with Gasteiger partial charge in [-0.15, -0.1) is 11.3 Å². The molecule has 3 rings (SSSR count). The number of anilines is 1. The normalized spacial score (nSPS) is 30.4. The Morgan fingerprint density at radius 2 is 2.24 bits per heavy atom. The summed E-state index contributed by atoms with van der Waals surface area (Å²) < 4.78 is 0. The number of hydrogen-bond acceptors (Lipinski definition) is 4. The van der Waals surface area contributed by atoms with Crippen LogP contribution in [-0.2, 0) is 0 Å². The summed E-state index contributed by atoms with van der Waals surface area (Å²) in [6.45, 7) is 3.22. The number of nitrogens with two attached hydrogens (primary N) is 1. The second-order valence-electron chi connectivity index (χ2n) is 5.43. The van der Waals surface area contributed by atoms with E-state index in [0.717, 1.165) is 12.0 Å². The Morgan fingerprint density at radius 1 is 1.41 bits per heavy atom. The van der Waals surface area contributed by atoms with Gasteiger partial charge in [-0.3, -0.25) is 0 Å². The van der Waals surface area contributed by atoms with E-state index in [1.165, 1.54) is 48.7 Å². The van der Waals surface area contributed by atoms with Gasteiger partial charge in [0.15, 0.2) is 5.13 Å². The van der Waals surface area contributed by atoms with Gasteiger partial charge in [-0.2, -0.15) is 0 Å². The first-order valence-electron chi connectivity index (χ1n) is 6.73. The summed E-state index contributed by atoms with van der Waals surface area (Å²) in [6, 6.07) is 0.876. The Hall–Kier alpha value is -0.610. The highest BCUT2D eigenvalue weighted by molar-refractivity contribution is 7.15. The van der Waals surface area contributed by atoms with Crippen LogP contribution in [0.1, 0.15) is 49.9 Å². The van der Waals surface area contributed by atoms with E-state index in [1.54, 1.807) is 11.3 Å². The fourth-order valence-electron chi connectivity index (χ4n) is 3.31. The highest BCUT2D eigenvalue weighted by Gasteiger charge is 2.36. The van der Waals surface area contributed by atoms with Gasteiger partial charge in [0.25, 0.3) is 0 Å². The average molecular weight is 251 g/mol. The Balaban J connectivity index is 1.81. The minimum atomic E-state index is 0.116. The molecule has 2 heterocycles. The second-order valence-corrected chi connectivity index (χ2v) is 6.47. The molecule has 0 amide bonds. The minimum Gasteiger partial charge on any atom is -0.345 e. The van der Waals surface area contributed by atoms with Gasteiger partial charge in [0, 0.05) is 29.7 Å². The third-order valence-corrected chi connectivity index (χ3v) is 5.43. The van der Waals surface area contributed by atoms with Crippen LogP contribution in [0, 0.1) is 5.92 Å². The lowest BCUT2D eigenvalue weighted by Gasteiger charge is -2.37. The average Bonchev–Trinajstić information content (AvgIpc) is 2.97. The van der Waals surface area contributed by atoms with Crippen LogP contribution in [0.4, 0.5) is 5.13 Å². The molecule has 3 atom stereocenters. The minimum absolute atomic E-state index is 0.116. The Kier molecular flexibility index (Phi) is 3.09. The Labute approximate surface area is 107 Å². The molecule has 0 radical (unpaired) electrons. The molecule has 2 N–H and O–H groups in total. The van der Waals surface area contributed by atoms with E-state index < -0.39 is 0 Å². The van der Waals surface area contributed by atoms with Crippen molar-refractivity contribution in [1.29, 1.82) is 0 Å². The lowest BCUT2D eigenvalue weighted by molar-refractivity contribution is 0.362. The van der Waals surface area contributed by atoms with Crippen LogP contribution in [0.5, 0.6) is 0 Å². The third kappa shape index (κ3) is 2.08. The van der Waals surface area contributed by atoms with Gasteiger partial charge >= 0.3 is 0 Å². The lowest BCUT2D eigenvalue weighted by atomic mass is 9.92. The van der Waals surface area contributed by atoms with E-state index in [4.69, 9.17) is 5.73 Å². The number of nitrogens with zero attached hydrogens (tertiary/aromatic N) is 2. The van der Waals surface area contributed by atoms with Crippen LogP contribution in [0.3, 0.4) is 0 Å². The fraction of sp³-hybridized carbons (Fsp3) is 0.769. The van der Waals surface area contributed by atoms with Gasteiger partial charge in [-0.05, 0) is 38.5 Å². The molecule has 3 unspecified atom stereocenters. The molecule has 1 saturated heterocycles. The SMILES string of the molecule is CC(N)c1cnc(N2CCCC3CCCC32)s1. The van der Waals surface area contributed by atoms with Crippen molar-refractivity contribution in [2.75, 3.05) is 11.4 Å². The zero-order valence-corrected chi connectivity index (χ0v) is 11.2. The molecule has 4 heteroatoms. The number of piperidine rings is 1. The number of hydrogen-bond donors (Lipinski definition) is 1. The summed E-state index contributed by atoms with van der Waals surface area (Å²) >= 11 is 1.79. The van der Waals surface area contributed by atoms with E-state index in [9.17, 15) is 0 Å². The van der Waals surface area contributed by atoms with Gasteiger partial charge in [0.05, 0.1) is 0 Å². The van der Waals surface area contributed by atoms with Crippen molar-refractivity contribution >= 4 is 16.5 Å². The van der Waals surface area contributed by atoms with Gasteiger partial charge in [-0.1, -0.05) is 6.42 Å². The van der Waals surface area contributed by atoms with Crippen molar-refractivity contribution in [3.63, 3.8) is 0 Å². The molecule has 2 aliphatic rings. The van der Waals surface area contributed by atoms with E-state index in [-0.39, 0.29) is 6.04 Å². The first-order chi connectivity index (χ1) is 8.25. The van der Waals surface area contributed by atoms with Crippen LogP contribution in [0.25, 0.3) is 0 Å². The molecule has 1 saturated carbocycles. The molecule has 2 fully saturated rings. The highest BCUT2D eigenvalue weighted by Crippen LogP contribution is 2.40. The molecule has 1 aromatic heterocycles. The van der Waals surface area contributed by atoms with E-state index in [2.05, 4.69) is 9.88 Å². The van der Waals surface area contributed by atoms with Gasteiger partial charge in [-0.25, -0.2) is 4.98 Å². The summed E-state index contributed by atoms with van der Waals surface area (Å²) in [7, 11) is 0. The fourth-order valence-corrected chi connectivity index (χ4v) is 4.26. The molecule has 94 valence electrons. The van der Waals surface area contributed by atoms with E-state index >= 15 is 0 Å². The van der Waals surface area contributed by atoms with E-state index in [1.807, 2.05) is 13.1 Å². The van der Waals surface area contributed by atoms with Gasteiger partial charge in [0.2, 0.25) is 0 Å². The number of fused-ring (bicyclic) bond motifs is 1. The molecule has 1 aromatic rings. The molecule has 1 aliphatic carbocycles. The molecule has 0 spiro atoms. The number of rotatable bonds is 2. The van der Waals surface area contributed by atoms with Gasteiger partial charge < -0.3 is 10.6 Å².